The van der Waals surface area contributed by atoms with Gasteiger partial charge in [-0.05, 0) is 32.6 Å². The van der Waals surface area contributed by atoms with Crippen LogP contribution >= 0.6 is 0 Å². The molecular weight excluding hydrogens is 264 g/mol. The molecule has 0 spiro atoms. The highest BCUT2D eigenvalue weighted by molar-refractivity contribution is 5.78. The summed E-state index contributed by atoms with van der Waals surface area (Å²) in [6.45, 7) is 4.03. The zero-order valence-corrected chi connectivity index (χ0v) is 13.7. The predicted molar refractivity (Wildman–Crippen MR) is 86.2 cm³/mol. The van der Waals surface area contributed by atoms with Gasteiger partial charge in [0.25, 0.3) is 0 Å². The van der Waals surface area contributed by atoms with Crippen LogP contribution in [0.25, 0.3) is 0 Å². The summed E-state index contributed by atoms with van der Waals surface area (Å²) in [4.78, 5) is 11.8. The van der Waals surface area contributed by atoms with Crippen molar-refractivity contribution in [2.24, 2.45) is 5.92 Å². The van der Waals surface area contributed by atoms with E-state index in [1.165, 1.54) is 5.57 Å². The zero-order valence-electron chi connectivity index (χ0n) is 13.7. The summed E-state index contributed by atoms with van der Waals surface area (Å²) in [6.07, 6.45) is 11.6. The molecule has 3 heteroatoms. The number of carbonyl (C=O) groups excluding carboxylic acids is 1. The quantitative estimate of drug-likeness (QED) is 0.748. The SMILES string of the molecule is CO[C@H]1/C=C/CCCCCC(=O)CC/C(C)=C\[C@@H](C)[C@@H]1O. The van der Waals surface area contributed by atoms with Gasteiger partial charge in [-0.15, -0.1) is 0 Å². The molecule has 0 aromatic carbocycles. The van der Waals surface area contributed by atoms with Gasteiger partial charge in [0.1, 0.15) is 11.9 Å². The standard InChI is InChI=1S/C18H30O3/c1-14-11-12-16(19)9-7-5-4-6-8-10-17(21-3)18(20)15(2)13-14/h8,10,13,15,17-18,20H,4-7,9,11-12H2,1-3H3/b10-8+,14-13-/t15-,17+,18+/m1/s1. The van der Waals surface area contributed by atoms with Crippen LogP contribution in [0.3, 0.4) is 0 Å². The molecule has 0 bridgehead atoms. The van der Waals surface area contributed by atoms with E-state index in [9.17, 15) is 9.90 Å². The summed E-state index contributed by atoms with van der Waals surface area (Å²) in [5.41, 5.74) is 1.17. The predicted octanol–water partition coefficient (Wildman–Crippen LogP) is 3.81. The summed E-state index contributed by atoms with van der Waals surface area (Å²) in [6, 6.07) is 0. The fourth-order valence-corrected chi connectivity index (χ4v) is 2.71. The van der Waals surface area contributed by atoms with Crippen molar-refractivity contribution in [1.29, 1.82) is 0 Å². The van der Waals surface area contributed by atoms with E-state index in [2.05, 4.69) is 12.2 Å². The van der Waals surface area contributed by atoms with E-state index in [0.29, 0.717) is 18.6 Å². The lowest BCUT2D eigenvalue weighted by atomic mass is 9.95. The van der Waals surface area contributed by atoms with Crippen molar-refractivity contribution in [1.82, 2.24) is 0 Å². The minimum atomic E-state index is -0.554. The van der Waals surface area contributed by atoms with Gasteiger partial charge < -0.3 is 9.84 Å². The molecule has 0 aromatic heterocycles. The minimum Gasteiger partial charge on any atom is -0.389 e. The smallest absolute Gasteiger partial charge is 0.133 e. The molecule has 0 fully saturated rings. The second kappa shape index (κ2) is 9.91. The second-order valence-electron chi connectivity index (χ2n) is 6.13. The molecule has 1 N–H and O–H groups in total. The molecule has 21 heavy (non-hydrogen) atoms. The highest BCUT2D eigenvalue weighted by atomic mass is 16.5. The Kier molecular flexibility index (Phi) is 8.55. The molecule has 1 aliphatic rings. The first-order valence-electron chi connectivity index (χ1n) is 8.11. The van der Waals surface area contributed by atoms with Crippen molar-refractivity contribution in [3.05, 3.63) is 23.8 Å². The number of allylic oxidation sites excluding steroid dienone is 2. The Morgan fingerprint density at radius 2 is 1.95 bits per heavy atom. The molecule has 0 heterocycles. The zero-order chi connectivity index (χ0) is 15.7. The van der Waals surface area contributed by atoms with Gasteiger partial charge >= 0.3 is 0 Å². The van der Waals surface area contributed by atoms with Crippen molar-refractivity contribution < 1.29 is 14.6 Å². The molecule has 120 valence electrons. The van der Waals surface area contributed by atoms with Gasteiger partial charge in [-0.3, -0.25) is 4.79 Å². The third-order valence-electron chi connectivity index (χ3n) is 4.15. The number of ketones is 1. The van der Waals surface area contributed by atoms with Crippen molar-refractivity contribution in [3.8, 4) is 0 Å². The van der Waals surface area contributed by atoms with E-state index in [-0.39, 0.29) is 12.0 Å². The van der Waals surface area contributed by atoms with Crippen LogP contribution in [0.2, 0.25) is 0 Å². The number of aliphatic hydroxyl groups excluding tert-OH is 1. The largest absolute Gasteiger partial charge is 0.389 e. The van der Waals surface area contributed by atoms with E-state index in [1.54, 1.807) is 7.11 Å². The average Bonchev–Trinajstić information content (AvgIpc) is 2.46. The number of methoxy groups -OCH3 is 1. The first kappa shape index (κ1) is 18.1. The Hall–Kier alpha value is -0.930. The monoisotopic (exact) mass is 294 g/mol. The molecule has 0 radical (unpaired) electrons. The Labute approximate surface area is 129 Å². The van der Waals surface area contributed by atoms with Gasteiger partial charge in [0.15, 0.2) is 0 Å². The maximum absolute atomic E-state index is 11.8. The minimum absolute atomic E-state index is 0.0137. The van der Waals surface area contributed by atoms with Crippen LogP contribution in [0, 0.1) is 5.92 Å². The van der Waals surface area contributed by atoms with Crippen LogP contribution in [0.1, 0.15) is 58.8 Å². The van der Waals surface area contributed by atoms with Crippen molar-refractivity contribution in [2.45, 2.75) is 71.0 Å². The van der Waals surface area contributed by atoms with Gasteiger partial charge in [-0.2, -0.15) is 0 Å². The van der Waals surface area contributed by atoms with Crippen LogP contribution in [0.5, 0.6) is 0 Å². The van der Waals surface area contributed by atoms with E-state index in [4.69, 9.17) is 4.74 Å². The van der Waals surface area contributed by atoms with Crippen LogP contribution in [-0.4, -0.2) is 30.2 Å². The van der Waals surface area contributed by atoms with Gasteiger partial charge in [0.2, 0.25) is 0 Å². The van der Waals surface area contributed by atoms with Crippen molar-refractivity contribution in [2.75, 3.05) is 7.11 Å². The number of aliphatic hydroxyl groups is 1. The Bertz CT molecular complexity index is 371. The first-order chi connectivity index (χ1) is 10.0. The molecule has 0 aromatic rings. The topological polar surface area (TPSA) is 46.5 Å². The highest BCUT2D eigenvalue weighted by Gasteiger charge is 2.21. The fraction of sp³-hybridized carbons (Fsp3) is 0.722. The summed E-state index contributed by atoms with van der Waals surface area (Å²) >= 11 is 0. The molecule has 0 amide bonds. The molecule has 0 aliphatic heterocycles. The van der Waals surface area contributed by atoms with Crippen LogP contribution in [-0.2, 0) is 9.53 Å². The lowest BCUT2D eigenvalue weighted by Gasteiger charge is -2.23. The third kappa shape index (κ3) is 7.05. The molecular formula is C18H30O3. The summed E-state index contributed by atoms with van der Waals surface area (Å²) in [5.74, 6) is 0.371. The van der Waals surface area contributed by atoms with Crippen LogP contribution in [0.4, 0.5) is 0 Å². The van der Waals surface area contributed by atoms with E-state index in [1.807, 2.05) is 19.9 Å². The lowest BCUT2D eigenvalue weighted by Crippen LogP contribution is -2.31. The Morgan fingerprint density at radius 1 is 1.19 bits per heavy atom. The Balaban J connectivity index is 2.76. The lowest BCUT2D eigenvalue weighted by molar-refractivity contribution is -0.119. The number of hydrogen-bond donors (Lipinski definition) is 1. The van der Waals surface area contributed by atoms with E-state index in [0.717, 1.165) is 32.1 Å². The maximum atomic E-state index is 11.8. The number of hydrogen-bond acceptors (Lipinski definition) is 3. The second-order valence-corrected chi connectivity index (χ2v) is 6.13. The normalized spacial score (nSPS) is 34.4. The van der Waals surface area contributed by atoms with Gasteiger partial charge in [0.05, 0.1) is 6.10 Å². The molecule has 0 saturated heterocycles. The summed E-state index contributed by atoms with van der Waals surface area (Å²) < 4.78 is 5.39. The average molecular weight is 294 g/mol. The van der Waals surface area contributed by atoms with Crippen LogP contribution < -0.4 is 0 Å². The summed E-state index contributed by atoms with van der Waals surface area (Å²) in [7, 11) is 1.63. The van der Waals surface area contributed by atoms with E-state index < -0.39 is 6.10 Å². The maximum Gasteiger partial charge on any atom is 0.133 e. The number of carbonyl (C=O) groups is 1. The van der Waals surface area contributed by atoms with Crippen molar-refractivity contribution in [3.63, 3.8) is 0 Å². The highest BCUT2D eigenvalue weighted by Crippen LogP contribution is 2.18. The molecule has 3 nitrogen and oxygen atoms in total. The fourth-order valence-electron chi connectivity index (χ4n) is 2.71. The van der Waals surface area contributed by atoms with Crippen molar-refractivity contribution >= 4 is 5.78 Å². The number of rotatable bonds is 1. The molecule has 0 unspecified atom stereocenters. The van der Waals surface area contributed by atoms with Gasteiger partial charge in [0, 0.05) is 25.9 Å². The number of Topliss-reactive ketones (excluding diaryl/α,β-unsaturated/α-hetero) is 1. The third-order valence-corrected chi connectivity index (χ3v) is 4.15. The molecule has 0 saturated carbocycles. The summed E-state index contributed by atoms with van der Waals surface area (Å²) in [5, 5.41) is 10.4. The Morgan fingerprint density at radius 3 is 2.67 bits per heavy atom. The van der Waals surface area contributed by atoms with Crippen LogP contribution in [0.15, 0.2) is 23.8 Å². The number of ether oxygens (including phenoxy) is 1. The molecule has 1 aliphatic carbocycles. The molecule has 3 atom stereocenters. The van der Waals surface area contributed by atoms with E-state index >= 15 is 0 Å². The first-order valence-corrected chi connectivity index (χ1v) is 8.11. The molecule has 1 rings (SSSR count). The van der Waals surface area contributed by atoms with Gasteiger partial charge in [-0.1, -0.05) is 37.1 Å². The van der Waals surface area contributed by atoms with Gasteiger partial charge in [-0.25, -0.2) is 0 Å².